The van der Waals surface area contributed by atoms with Crippen molar-refractivity contribution in [2.45, 2.75) is 0 Å². The van der Waals surface area contributed by atoms with Crippen LogP contribution in [0.1, 0.15) is 0 Å². The lowest BCUT2D eigenvalue weighted by molar-refractivity contribution is 0.413. The second-order valence-corrected chi connectivity index (χ2v) is 4.65. The number of halogens is 4. The zero-order valence-corrected chi connectivity index (χ0v) is 11.7. The highest BCUT2D eigenvalue weighted by molar-refractivity contribution is 6.41. The summed E-state index contributed by atoms with van der Waals surface area (Å²) < 4.78 is 19.6. The van der Waals surface area contributed by atoms with E-state index in [-0.39, 0.29) is 26.5 Å². The zero-order valence-electron chi connectivity index (χ0n) is 9.45. The van der Waals surface area contributed by atoms with E-state index < -0.39 is 11.4 Å². The Hall–Kier alpha value is -1.30. The number of rotatable bonds is 2. The minimum atomic E-state index is -0.738. The summed E-state index contributed by atoms with van der Waals surface area (Å²) in [5.41, 5.74) is -0.873. The standard InChI is InChI=1S/C11H6Cl3FN2O2/c1-19-9-3-8(7(15)2-5(9)12)17-11(18)10(14)6(13)4-16-17/h2-4H,1H3. The predicted molar refractivity (Wildman–Crippen MR) is 71.4 cm³/mol. The lowest BCUT2D eigenvalue weighted by atomic mass is 10.3. The van der Waals surface area contributed by atoms with Gasteiger partial charge in [0.1, 0.15) is 16.5 Å². The van der Waals surface area contributed by atoms with E-state index in [0.29, 0.717) is 0 Å². The van der Waals surface area contributed by atoms with E-state index in [1.165, 1.54) is 13.2 Å². The molecule has 0 unspecified atom stereocenters. The van der Waals surface area contributed by atoms with Crippen molar-refractivity contribution in [2.75, 3.05) is 7.11 Å². The van der Waals surface area contributed by atoms with Gasteiger partial charge in [-0.3, -0.25) is 4.79 Å². The Labute approximate surface area is 122 Å². The molecule has 0 aliphatic carbocycles. The average molecular weight is 324 g/mol. The molecule has 0 fully saturated rings. The zero-order chi connectivity index (χ0) is 14.2. The van der Waals surface area contributed by atoms with Crippen molar-refractivity contribution < 1.29 is 9.13 Å². The van der Waals surface area contributed by atoms with E-state index in [4.69, 9.17) is 39.5 Å². The maximum Gasteiger partial charge on any atom is 0.291 e. The third-order valence-electron chi connectivity index (χ3n) is 2.33. The molecule has 1 aromatic carbocycles. The summed E-state index contributed by atoms with van der Waals surface area (Å²) in [6.45, 7) is 0. The maximum atomic E-state index is 13.8. The molecule has 8 heteroatoms. The van der Waals surface area contributed by atoms with Gasteiger partial charge in [-0.15, -0.1) is 0 Å². The van der Waals surface area contributed by atoms with E-state index in [9.17, 15) is 9.18 Å². The molecule has 0 radical (unpaired) electrons. The molecule has 0 N–H and O–H groups in total. The van der Waals surface area contributed by atoms with E-state index >= 15 is 0 Å². The summed E-state index contributed by atoms with van der Waals surface area (Å²) in [4.78, 5) is 11.9. The Morgan fingerprint density at radius 2 is 1.95 bits per heavy atom. The monoisotopic (exact) mass is 322 g/mol. The fraction of sp³-hybridized carbons (Fsp3) is 0.0909. The fourth-order valence-corrected chi connectivity index (χ4v) is 1.90. The van der Waals surface area contributed by atoms with Crippen LogP contribution >= 0.6 is 34.8 Å². The second-order valence-electron chi connectivity index (χ2n) is 3.46. The lowest BCUT2D eigenvalue weighted by Crippen LogP contribution is -2.22. The molecule has 0 aliphatic rings. The Morgan fingerprint density at radius 1 is 1.26 bits per heavy atom. The van der Waals surface area contributed by atoms with Crippen LogP contribution in [0.4, 0.5) is 4.39 Å². The highest BCUT2D eigenvalue weighted by atomic mass is 35.5. The number of hydrogen-bond donors (Lipinski definition) is 0. The van der Waals surface area contributed by atoms with Gasteiger partial charge in [0.25, 0.3) is 5.56 Å². The highest BCUT2D eigenvalue weighted by Gasteiger charge is 2.15. The second kappa shape index (κ2) is 5.36. The van der Waals surface area contributed by atoms with Crippen molar-refractivity contribution in [3.63, 3.8) is 0 Å². The number of aromatic nitrogens is 2. The van der Waals surface area contributed by atoms with Crippen molar-refractivity contribution in [1.82, 2.24) is 9.78 Å². The molecule has 4 nitrogen and oxygen atoms in total. The van der Waals surface area contributed by atoms with Crippen LogP contribution in [0, 0.1) is 5.82 Å². The molecule has 0 atom stereocenters. The molecule has 0 saturated heterocycles. The third-order valence-corrected chi connectivity index (χ3v) is 3.37. The molecule has 2 rings (SSSR count). The number of nitrogens with zero attached hydrogens (tertiary/aromatic N) is 2. The van der Waals surface area contributed by atoms with Crippen LogP contribution in [0.2, 0.25) is 15.1 Å². The summed E-state index contributed by atoms with van der Waals surface area (Å²) >= 11 is 17.1. The largest absolute Gasteiger partial charge is 0.495 e. The van der Waals surface area contributed by atoms with E-state index in [1.807, 2.05) is 0 Å². The summed E-state index contributed by atoms with van der Waals surface area (Å²) in [7, 11) is 1.37. The first kappa shape index (κ1) is 14.1. The van der Waals surface area contributed by atoms with Gasteiger partial charge >= 0.3 is 0 Å². The van der Waals surface area contributed by atoms with Gasteiger partial charge in [-0.05, 0) is 6.07 Å². The molecule has 0 bridgehead atoms. The lowest BCUT2D eigenvalue weighted by Gasteiger charge is -2.09. The Bertz CT molecular complexity index is 703. The fourth-order valence-electron chi connectivity index (χ4n) is 1.42. The molecule has 2 aromatic rings. The summed E-state index contributed by atoms with van der Waals surface area (Å²) in [6, 6.07) is 2.27. The van der Waals surface area contributed by atoms with E-state index in [0.717, 1.165) is 16.9 Å². The van der Waals surface area contributed by atoms with Gasteiger partial charge in [-0.25, -0.2) is 4.39 Å². The Balaban J connectivity index is 2.72. The summed E-state index contributed by atoms with van der Waals surface area (Å²) in [5, 5.41) is 3.55. The van der Waals surface area contributed by atoms with E-state index in [2.05, 4.69) is 5.10 Å². The van der Waals surface area contributed by atoms with Gasteiger partial charge in [0.15, 0.2) is 5.82 Å². The van der Waals surface area contributed by atoms with Gasteiger partial charge in [0.2, 0.25) is 0 Å². The van der Waals surface area contributed by atoms with Gasteiger partial charge < -0.3 is 4.74 Å². The van der Waals surface area contributed by atoms with Crippen molar-refractivity contribution >= 4 is 34.8 Å². The number of methoxy groups -OCH3 is 1. The Morgan fingerprint density at radius 3 is 2.58 bits per heavy atom. The third kappa shape index (κ3) is 2.54. The summed E-state index contributed by atoms with van der Waals surface area (Å²) in [5.74, 6) is -0.531. The molecule has 1 heterocycles. The van der Waals surface area contributed by atoms with E-state index in [1.54, 1.807) is 0 Å². The van der Waals surface area contributed by atoms with Crippen molar-refractivity contribution in [3.8, 4) is 11.4 Å². The first-order valence-corrected chi connectivity index (χ1v) is 6.06. The van der Waals surface area contributed by atoms with Crippen LogP contribution in [-0.4, -0.2) is 16.9 Å². The minimum absolute atomic E-state index is 0.00995. The van der Waals surface area contributed by atoms with Crippen molar-refractivity contribution in [1.29, 1.82) is 0 Å². The summed E-state index contributed by atoms with van der Waals surface area (Å²) in [6.07, 6.45) is 1.14. The van der Waals surface area contributed by atoms with Crippen LogP contribution in [-0.2, 0) is 0 Å². The molecule has 0 aliphatic heterocycles. The molecule has 0 amide bonds. The molecular formula is C11H6Cl3FN2O2. The van der Waals surface area contributed by atoms with Crippen molar-refractivity contribution in [3.05, 3.63) is 49.6 Å². The molecule has 19 heavy (non-hydrogen) atoms. The molecule has 1 aromatic heterocycles. The van der Waals surface area contributed by atoms with Crippen LogP contribution in [0.5, 0.6) is 5.75 Å². The topological polar surface area (TPSA) is 44.1 Å². The van der Waals surface area contributed by atoms with Gasteiger partial charge in [0, 0.05) is 6.07 Å². The highest BCUT2D eigenvalue weighted by Crippen LogP contribution is 2.29. The first-order chi connectivity index (χ1) is 8.95. The van der Waals surface area contributed by atoms with Crippen LogP contribution in [0.3, 0.4) is 0 Å². The smallest absolute Gasteiger partial charge is 0.291 e. The maximum absolute atomic E-state index is 13.8. The quantitative estimate of drug-likeness (QED) is 0.851. The van der Waals surface area contributed by atoms with Gasteiger partial charge in [0.05, 0.1) is 23.4 Å². The number of ether oxygens (including phenoxy) is 1. The number of benzene rings is 1. The van der Waals surface area contributed by atoms with Crippen LogP contribution in [0.25, 0.3) is 5.69 Å². The normalized spacial score (nSPS) is 10.6. The first-order valence-electron chi connectivity index (χ1n) is 4.92. The molecule has 0 spiro atoms. The van der Waals surface area contributed by atoms with Crippen LogP contribution < -0.4 is 10.3 Å². The van der Waals surface area contributed by atoms with Gasteiger partial charge in [-0.1, -0.05) is 34.8 Å². The average Bonchev–Trinajstić information content (AvgIpc) is 2.37. The van der Waals surface area contributed by atoms with Crippen LogP contribution in [0.15, 0.2) is 23.1 Å². The Kier molecular flexibility index (Phi) is 3.99. The number of hydrogen-bond acceptors (Lipinski definition) is 3. The van der Waals surface area contributed by atoms with Crippen molar-refractivity contribution in [2.24, 2.45) is 0 Å². The molecular weight excluding hydrogens is 317 g/mol. The predicted octanol–water partition coefficient (Wildman–Crippen LogP) is 3.34. The minimum Gasteiger partial charge on any atom is -0.495 e. The SMILES string of the molecule is COc1cc(-n2ncc(Cl)c(Cl)c2=O)c(F)cc1Cl. The van der Waals surface area contributed by atoms with Gasteiger partial charge in [-0.2, -0.15) is 9.78 Å². The molecule has 0 saturated carbocycles. The molecule has 100 valence electrons.